The van der Waals surface area contributed by atoms with E-state index < -0.39 is 0 Å². The van der Waals surface area contributed by atoms with Gasteiger partial charge in [0.15, 0.2) is 11.0 Å². The second kappa shape index (κ2) is 10.4. The highest BCUT2D eigenvalue weighted by Crippen LogP contribution is 2.29. The molecule has 0 unspecified atom stereocenters. The second-order valence-corrected chi connectivity index (χ2v) is 8.73. The van der Waals surface area contributed by atoms with Gasteiger partial charge in [-0.15, -0.1) is 10.2 Å². The summed E-state index contributed by atoms with van der Waals surface area (Å²) in [6, 6.07) is 21.5. The number of hydrogen-bond donors (Lipinski definition) is 1. The number of aryl methyl sites for hydroxylation is 2. The SMILES string of the molecule is COc1cc(NC(=O)CSc2nnc(-c3cccc(C)c3)n2-c2ccc(C)cc2)cc(OC)c1. The van der Waals surface area contributed by atoms with Gasteiger partial charge in [0, 0.05) is 35.1 Å². The number of anilines is 1. The Kier molecular flexibility index (Phi) is 7.18. The molecule has 1 N–H and O–H groups in total. The Labute approximate surface area is 203 Å². The van der Waals surface area contributed by atoms with Gasteiger partial charge < -0.3 is 14.8 Å². The molecule has 4 aromatic rings. The highest BCUT2D eigenvalue weighted by atomic mass is 32.2. The number of ether oxygens (including phenoxy) is 2. The first kappa shape index (κ1) is 23.4. The minimum Gasteiger partial charge on any atom is -0.497 e. The van der Waals surface area contributed by atoms with Gasteiger partial charge in [-0.1, -0.05) is 53.2 Å². The number of carbonyl (C=O) groups is 1. The van der Waals surface area contributed by atoms with Crippen molar-refractivity contribution < 1.29 is 14.3 Å². The number of thioether (sulfide) groups is 1. The molecule has 0 aliphatic heterocycles. The van der Waals surface area contributed by atoms with Crippen molar-refractivity contribution in [3.05, 3.63) is 77.9 Å². The number of rotatable bonds is 8. The normalized spacial score (nSPS) is 10.7. The highest BCUT2D eigenvalue weighted by Gasteiger charge is 2.18. The van der Waals surface area contributed by atoms with E-state index in [1.165, 1.54) is 11.8 Å². The molecule has 4 rings (SSSR count). The molecule has 1 amide bonds. The summed E-state index contributed by atoms with van der Waals surface area (Å²) < 4.78 is 12.5. The van der Waals surface area contributed by atoms with Gasteiger partial charge in [0.2, 0.25) is 5.91 Å². The van der Waals surface area contributed by atoms with E-state index in [2.05, 4.69) is 21.6 Å². The molecule has 0 aliphatic rings. The number of aromatic nitrogens is 3. The maximum atomic E-state index is 12.7. The average Bonchev–Trinajstić information content (AvgIpc) is 3.27. The van der Waals surface area contributed by atoms with Crippen LogP contribution in [0, 0.1) is 13.8 Å². The summed E-state index contributed by atoms with van der Waals surface area (Å²) in [7, 11) is 3.14. The van der Waals surface area contributed by atoms with Crippen molar-refractivity contribution in [2.75, 3.05) is 25.3 Å². The van der Waals surface area contributed by atoms with Gasteiger partial charge in [-0.2, -0.15) is 0 Å². The first-order valence-electron chi connectivity index (χ1n) is 10.7. The Morgan fingerprint density at radius 3 is 2.26 bits per heavy atom. The van der Waals surface area contributed by atoms with Gasteiger partial charge in [0.1, 0.15) is 11.5 Å². The lowest BCUT2D eigenvalue weighted by Gasteiger charge is -2.12. The van der Waals surface area contributed by atoms with Crippen LogP contribution >= 0.6 is 11.8 Å². The zero-order chi connectivity index (χ0) is 24.1. The summed E-state index contributed by atoms with van der Waals surface area (Å²) in [5.74, 6) is 1.93. The third-order valence-corrected chi connectivity index (χ3v) is 6.10. The predicted molar refractivity (Wildman–Crippen MR) is 135 cm³/mol. The summed E-state index contributed by atoms with van der Waals surface area (Å²) in [4.78, 5) is 12.7. The predicted octanol–water partition coefficient (Wildman–Crippen LogP) is 5.30. The molecule has 34 heavy (non-hydrogen) atoms. The number of nitrogens with zero attached hydrogens (tertiary/aromatic N) is 3. The topological polar surface area (TPSA) is 78.3 Å². The van der Waals surface area contributed by atoms with Crippen molar-refractivity contribution in [2.45, 2.75) is 19.0 Å². The van der Waals surface area contributed by atoms with Crippen molar-refractivity contribution in [1.29, 1.82) is 0 Å². The van der Waals surface area contributed by atoms with E-state index in [0.717, 1.165) is 28.2 Å². The number of methoxy groups -OCH3 is 2. The average molecular weight is 475 g/mol. The summed E-state index contributed by atoms with van der Waals surface area (Å²) in [5, 5.41) is 12.4. The standard InChI is InChI=1S/C26H26N4O3S/c1-17-8-10-21(11-9-17)30-25(19-7-5-6-18(2)12-19)28-29-26(30)34-16-24(31)27-20-13-22(32-3)15-23(14-20)33-4/h5-15H,16H2,1-4H3,(H,27,31). The molecule has 8 heteroatoms. The molecule has 0 atom stereocenters. The van der Waals surface area contributed by atoms with Crippen molar-refractivity contribution in [1.82, 2.24) is 14.8 Å². The van der Waals surface area contributed by atoms with Gasteiger partial charge in [0.05, 0.1) is 20.0 Å². The van der Waals surface area contributed by atoms with E-state index in [9.17, 15) is 4.79 Å². The van der Waals surface area contributed by atoms with E-state index in [1.807, 2.05) is 60.9 Å². The Morgan fingerprint density at radius 2 is 1.62 bits per heavy atom. The molecule has 0 fully saturated rings. The van der Waals surface area contributed by atoms with Crippen molar-refractivity contribution in [2.24, 2.45) is 0 Å². The quantitative estimate of drug-likeness (QED) is 0.349. The van der Waals surface area contributed by atoms with Crippen LogP contribution in [-0.4, -0.2) is 40.6 Å². The number of benzene rings is 3. The van der Waals surface area contributed by atoms with Crippen LogP contribution in [0.1, 0.15) is 11.1 Å². The zero-order valence-corrected chi connectivity index (χ0v) is 20.3. The van der Waals surface area contributed by atoms with Crippen LogP contribution in [0.15, 0.2) is 71.9 Å². The van der Waals surface area contributed by atoms with E-state index in [1.54, 1.807) is 32.4 Å². The molecule has 1 heterocycles. The van der Waals surface area contributed by atoms with Crippen LogP contribution < -0.4 is 14.8 Å². The molecule has 1 aromatic heterocycles. The first-order chi connectivity index (χ1) is 16.5. The van der Waals surface area contributed by atoms with E-state index in [0.29, 0.717) is 22.3 Å². The monoisotopic (exact) mass is 474 g/mol. The minimum absolute atomic E-state index is 0.164. The molecule has 0 saturated carbocycles. The number of nitrogens with one attached hydrogen (secondary N) is 1. The van der Waals surface area contributed by atoms with Crippen LogP contribution in [0.4, 0.5) is 5.69 Å². The van der Waals surface area contributed by atoms with Crippen LogP contribution in [-0.2, 0) is 4.79 Å². The number of amides is 1. The van der Waals surface area contributed by atoms with Crippen LogP contribution in [0.25, 0.3) is 17.1 Å². The Hall–Kier alpha value is -3.78. The Bertz CT molecular complexity index is 1280. The summed E-state index contributed by atoms with van der Waals surface area (Å²) in [5.41, 5.74) is 4.80. The molecule has 3 aromatic carbocycles. The molecule has 174 valence electrons. The van der Waals surface area contributed by atoms with E-state index in [-0.39, 0.29) is 11.7 Å². The van der Waals surface area contributed by atoms with Crippen LogP contribution in [0.5, 0.6) is 11.5 Å². The lowest BCUT2D eigenvalue weighted by molar-refractivity contribution is -0.113. The molecule has 7 nitrogen and oxygen atoms in total. The summed E-state index contributed by atoms with van der Waals surface area (Å²) >= 11 is 1.33. The smallest absolute Gasteiger partial charge is 0.234 e. The van der Waals surface area contributed by atoms with E-state index >= 15 is 0 Å². The maximum absolute atomic E-state index is 12.7. The fraction of sp³-hybridized carbons (Fsp3) is 0.192. The molecule has 0 aliphatic carbocycles. The number of hydrogen-bond acceptors (Lipinski definition) is 6. The van der Waals surface area contributed by atoms with Gasteiger partial charge >= 0.3 is 0 Å². The fourth-order valence-electron chi connectivity index (χ4n) is 3.47. The molecule has 0 saturated heterocycles. The molecule has 0 bridgehead atoms. The van der Waals surface area contributed by atoms with Gasteiger partial charge in [-0.05, 0) is 32.0 Å². The van der Waals surface area contributed by atoms with Gasteiger partial charge in [-0.25, -0.2) is 0 Å². The third kappa shape index (κ3) is 5.40. The molecular weight excluding hydrogens is 448 g/mol. The van der Waals surface area contributed by atoms with Crippen molar-refractivity contribution in [3.8, 4) is 28.6 Å². The molecule has 0 spiro atoms. The van der Waals surface area contributed by atoms with Crippen LogP contribution in [0.3, 0.4) is 0 Å². The van der Waals surface area contributed by atoms with Crippen molar-refractivity contribution >= 4 is 23.4 Å². The summed E-state index contributed by atoms with van der Waals surface area (Å²) in [6.07, 6.45) is 0. The molecule has 0 radical (unpaired) electrons. The number of carbonyl (C=O) groups excluding carboxylic acids is 1. The van der Waals surface area contributed by atoms with Crippen LogP contribution in [0.2, 0.25) is 0 Å². The maximum Gasteiger partial charge on any atom is 0.234 e. The first-order valence-corrected chi connectivity index (χ1v) is 11.7. The van der Waals surface area contributed by atoms with E-state index in [4.69, 9.17) is 9.47 Å². The second-order valence-electron chi connectivity index (χ2n) is 7.78. The van der Waals surface area contributed by atoms with Gasteiger partial charge in [-0.3, -0.25) is 9.36 Å². The largest absolute Gasteiger partial charge is 0.497 e. The fourth-order valence-corrected chi connectivity index (χ4v) is 4.22. The molecular formula is C26H26N4O3S. The Morgan fingerprint density at radius 1 is 0.912 bits per heavy atom. The third-order valence-electron chi connectivity index (χ3n) is 5.17. The highest BCUT2D eigenvalue weighted by molar-refractivity contribution is 7.99. The Balaban J connectivity index is 1.58. The van der Waals surface area contributed by atoms with Gasteiger partial charge in [0.25, 0.3) is 0 Å². The zero-order valence-electron chi connectivity index (χ0n) is 19.5. The summed E-state index contributed by atoms with van der Waals surface area (Å²) in [6.45, 7) is 4.09. The lowest BCUT2D eigenvalue weighted by atomic mass is 10.1. The van der Waals surface area contributed by atoms with Crippen molar-refractivity contribution in [3.63, 3.8) is 0 Å². The minimum atomic E-state index is -0.170. The lowest BCUT2D eigenvalue weighted by Crippen LogP contribution is -2.14.